The second kappa shape index (κ2) is 5.81. The molecule has 0 fully saturated rings. The summed E-state index contributed by atoms with van der Waals surface area (Å²) in [5.41, 5.74) is 1.45. The first-order valence-corrected chi connectivity index (χ1v) is 5.15. The van der Waals surface area contributed by atoms with Crippen LogP contribution < -0.4 is 10.1 Å². The molecule has 0 unspecified atom stereocenters. The van der Waals surface area contributed by atoms with Crippen LogP contribution in [-0.2, 0) is 6.54 Å². The fourth-order valence-corrected chi connectivity index (χ4v) is 1.12. The maximum atomic E-state index is 11.9. The van der Waals surface area contributed by atoms with Gasteiger partial charge in [-0.25, -0.2) is 9.97 Å². The van der Waals surface area contributed by atoms with Crippen LogP contribution in [-0.4, -0.2) is 29.3 Å². The Hall–Kier alpha value is -1.37. The Morgan fingerprint density at radius 1 is 1.41 bits per heavy atom. The summed E-state index contributed by atoms with van der Waals surface area (Å²) in [7, 11) is 0. The molecule has 0 aliphatic carbocycles. The molecule has 0 atom stereocenters. The van der Waals surface area contributed by atoms with Crippen molar-refractivity contribution in [3.63, 3.8) is 0 Å². The molecular weight excluding hydrogens is 235 g/mol. The molecule has 1 heterocycles. The molecule has 0 bridgehead atoms. The van der Waals surface area contributed by atoms with E-state index in [9.17, 15) is 13.2 Å². The number of hydrogen-bond donors (Lipinski definition) is 1. The molecule has 0 saturated heterocycles. The number of rotatable bonds is 5. The Labute approximate surface area is 97.2 Å². The van der Waals surface area contributed by atoms with E-state index in [1.54, 1.807) is 6.92 Å². The van der Waals surface area contributed by atoms with Crippen LogP contribution in [0.3, 0.4) is 0 Å². The molecule has 1 N–H and O–H groups in total. The second-order valence-electron chi connectivity index (χ2n) is 3.45. The number of ether oxygens (including phenoxy) is 1. The molecule has 0 amide bonds. The molecular formula is C10H14F3N3O. The largest absolute Gasteiger partial charge is 0.454 e. The Bertz CT molecular complexity index is 368. The number of aryl methyl sites for hydroxylation is 1. The van der Waals surface area contributed by atoms with Crippen molar-refractivity contribution < 1.29 is 17.9 Å². The van der Waals surface area contributed by atoms with E-state index in [1.165, 1.54) is 6.20 Å². The zero-order chi connectivity index (χ0) is 12.9. The highest BCUT2D eigenvalue weighted by atomic mass is 19.4. The molecule has 0 aliphatic rings. The number of aromatic nitrogens is 2. The third-order valence-corrected chi connectivity index (χ3v) is 1.99. The molecule has 0 saturated carbocycles. The third kappa shape index (κ3) is 4.99. The molecule has 0 radical (unpaired) electrons. The van der Waals surface area contributed by atoms with Gasteiger partial charge in [0.1, 0.15) is 0 Å². The Morgan fingerprint density at radius 2 is 2.12 bits per heavy atom. The van der Waals surface area contributed by atoms with Gasteiger partial charge < -0.3 is 10.1 Å². The number of hydrogen-bond acceptors (Lipinski definition) is 4. The van der Waals surface area contributed by atoms with Gasteiger partial charge in [-0.3, -0.25) is 0 Å². The molecule has 17 heavy (non-hydrogen) atoms. The van der Waals surface area contributed by atoms with Gasteiger partial charge in [0, 0.05) is 24.0 Å². The molecule has 1 aromatic rings. The van der Waals surface area contributed by atoms with Crippen LogP contribution >= 0.6 is 0 Å². The summed E-state index contributed by atoms with van der Waals surface area (Å²) in [5.74, 6) is 0. The Kier molecular flexibility index (Phi) is 4.68. The number of alkyl halides is 3. The van der Waals surface area contributed by atoms with Crippen molar-refractivity contribution in [3.05, 3.63) is 17.5 Å². The minimum Gasteiger partial charge on any atom is -0.454 e. The van der Waals surface area contributed by atoms with Crippen molar-refractivity contribution in [2.45, 2.75) is 26.6 Å². The predicted octanol–water partition coefficient (Wildman–Crippen LogP) is 1.84. The highest BCUT2D eigenvalue weighted by molar-refractivity contribution is 5.17. The summed E-state index contributed by atoms with van der Waals surface area (Å²) < 4.78 is 40.1. The molecule has 0 aromatic carbocycles. The van der Waals surface area contributed by atoms with Crippen molar-refractivity contribution in [3.8, 4) is 6.01 Å². The maximum absolute atomic E-state index is 11.9. The first kappa shape index (κ1) is 13.7. The summed E-state index contributed by atoms with van der Waals surface area (Å²) in [6, 6.07) is -0.250. The summed E-state index contributed by atoms with van der Waals surface area (Å²) in [4.78, 5) is 7.58. The normalized spacial score (nSPS) is 11.6. The predicted molar refractivity (Wildman–Crippen MR) is 55.7 cm³/mol. The quantitative estimate of drug-likeness (QED) is 0.865. The van der Waals surface area contributed by atoms with Crippen LogP contribution in [0, 0.1) is 6.92 Å². The lowest BCUT2D eigenvalue weighted by atomic mass is 10.2. The molecule has 0 aliphatic heterocycles. The monoisotopic (exact) mass is 249 g/mol. The fourth-order valence-electron chi connectivity index (χ4n) is 1.12. The van der Waals surface area contributed by atoms with Crippen LogP contribution in [0.2, 0.25) is 0 Å². The highest BCUT2D eigenvalue weighted by Crippen LogP contribution is 2.16. The first-order valence-electron chi connectivity index (χ1n) is 5.15. The van der Waals surface area contributed by atoms with Crippen LogP contribution in [0.15, 0.2) is 6.20 Å². The Morgan fingerprint density at radius 3 is 2.65 bits per heavy atom. The summed E-state index contributed by atoms with van der Waals surface area (Å²) in [5, 5.41) is 3.08. The number of halogens is 3. The van der Waals surface area contributed by atoms with E-state index >= 15 is 0 Å². The first-order chi connectivity index (χ1) is 7.92. The standard InChI is InChI=1S/C10H14F3N3O/c1-3-14-4-8-5-15-9(16-7(8)2)17-6-10(11,12)13/h5,14H,3-4,6H2,1-2H3. The van der Waals surface area contributed by atoms with Gasteiger partial charge in [-0.15, -0.1) is 0 Å². The van der Waals surface area contributed by atoms with Crippen molar-refractivity contribution in [1.29, 1.82) is 0 Å². The summed E-state index contributed by atoms with van der Waals surface area (Å²) in [6.07, 6.45) is -2.91. The molecule has 1 aromatic heterocycles. The van der Waals surface area contributed by atoms with Crippen molar-refractivity contribution >= 4 is 0 Å². The topological polar surface area (TPSA) is 47.0 Å². The summed E-state index contributed by atoms with van der Waals surface area (Å²) in [6.45, 7) is 3.67. The Balaban J connectivity index is 2.62. The lowest BCUT2D eigenvalue weighted by Gasteiger charge is -2.09. The number of nitrogens with zero attached hydrogens (tertiary/aromatic N) is 2. The zero-order valence-electron chi connectivity index (χ0n) is 9.64. The highest BCUT2D eigenvalue weighted by Gasteiger charge is 2.29. The van der Waals surface area contributed by atoms with Gasteiger partial charge in [0.2, 0.25) is 0 Å². The molecule has 0 spiro atoms. The SMILES string of the molecule is CCNCc1cnc(OCC(F)(F)F)nc1C. The van der Waals surface area contributed by atoms with E-state index < -0.39 is 12.8 Å². The van der Waals surface area contributed by atoms with E-state index in [0.29, 0.717) is 12.2 Å². The minimum absolute atomic E-state index is 0.250. The van der Waals surface area contributed by atoms with E-state index in [4.69, 9.17) is 0 Å². The van der Waals surface area contributed by atoms with Gasteiger partial charge >= 0.3 is 12.2 Å². The van der Waals surface area contributed by atoms with Gasteiger partial charge in [0.25, 0.3) is 0 Å². The van der Waals surface area contributed by atoms with Gasteiger partial charge in [-0.05, 0) is 13.5 Å². The average molecular weight is 249 g/mol. The van der Waals surface area contributed by atoms with Crippen LogP contribution in [0.5, 0.6) is 6.01 Å². The molecule has 96 valence electrons. The molecule has 1 rings (SSSR count). The van der Waals surface area contributed by atoms with Gasteiger partial charge in [-0.1, -0.05) is 6.92 Å². The maximum Gasteiger partial charge on any atom is 0.422 e. The third-order valence-electron chi connectivity index (χ3n) is 1.99. The zero-order valence-corrected chi connectivity index (χ0v) is 9.64. The van der Waals surface area contributed by atoms with Gasteiger partial charge in [0.15, 0.2) is 6.61 Å². The van der Waals surface area contributed by atoms with E-state index in [0.717, 1.165) is 12.1 Å². The number of nitrogens with one attached hydrogen (secondary N) is 1. The summed E-state index contributed by atoms with van der Waals surface area (Å²) >= 11 is 0. The lowest BCUT2D eigenvalue weighted by Crippen LogP contribution is -2.20. The van der Waals surface area contributed by atoms with Gasteiger partial charge in [0.05, 0.1) is 0 Å². The minimum atomic E-state index is -4.38. The van der Waals surface area contributed by atoms with Crippen molar-refractivity contribution in [2.24, 2.45) is 0 Å². The van der Waals surface area contributed by atoms with Crippen LogP contribution in [0.25, 0.3) is 0 Å². The lowest BCUT2D eigenvalue weighted by molar-refractivity contribution is -0.154. The van der Waals surface area contributed by atoms with Crippen molar-refractivity contribution in [2.75, 3.05) is 13.2 Å². The van der Waals surface area contributed by atoms with E-state index in [2.05, 4.69) is 20.0 Å². The second-order valence-corrected chi connectivity index (χ2v) is 3.45. The van der Waals surface area contributed by atoms with Crippen LogP contribution in [0.4, 0.5) is 13.2 Å². The van der Waals surface area contributed by atoms with Crippen LogP contribution in [0.1, 0.15) is 18.2 Å². The van der Waals surface area contributed by atoms with Crippen molar-refractivity contribution in [1.82, 2.24) is 15.3 Å². The van der Waals surface area contributed by atoms with E-state index in [1.807, 2.05) is 6.92 Å². The smallest absolute Gasteiger partial charge is 0.422 e. The molecule has 7 heteroatoms. The molecule has 4 nitrogen and oxygen atoms in total. The van der Waals surface area contributed by atoms with E-state index in [-0.39, 0.29) is 6.01 Å². The fraction of sp³-hybridized carbons (Fsp3) is 0.600. The average Bonchev–Trinajstić information content (AvgIpc) is 2.24. The van der Waals surface area contributed by atoms with Gasteiger partial charge in [-0.2, -0.15) is 13.2 Å².